The van der Waals surface area contributed by atoms with Crippen molar-refractivity contribution in [2.45, 2.75) is 6.54 Å². The first-order valence-electron chi connectivity index (χ1n) is 9.88. The normalized spacial score (nSPS) is 12.7. The minimum absolute atomic E-state index is 0.0375. The summed E-state index contributed by atoms with van der Waals surface area (Å²) in [7, 11) is 3.33. The third kappa shape index (κ3) is 4.55. The van der Waals surface area contributed by atoms with Crippen LogP contribution in [0.5, 0.6) is 0 Å². The summed E-state index contributed by atoms with van der Waals surface area (Å²) in [6.07, 6.45) is 4.87. The highest BCUT2D eigenvalue weighted by Crippen LogP contribution is 2.28. The molecule has 0 unspecified atom stereocenters. The van der Waals surface area contributed by atoms with Crippen LogP contribution >= 0.6 is 11.6 Å². The van der Waals surface area contributed by atoms with Crippen LogP contribution in [0, 0.1) is 0 Å². The third-order valence-electron chi connectivity index (χ3n) is 4.98. The topological polar surface area (TPSA) is 99.2 Å². The fraction of sp³-hybridized carbons (Fsp3) is 0.130. The van der Waals surface area contributed by atoms with Gasteiger partial charge in [0.25, 0.3) is 5.91 Å². The molecular formula is C23H21ClN6O2. The number of likely N-dealkylation sites (N-methyl/N-ethyl adjacent to an activating group) is 1. The molecule has 2 aromatic carbocycles. The smallest absolute Gasteiger partial charge is 0.253 e. The lowest BCUT2D eigenvalue weighted by molar-refractivity contribution is -0.125. The second kappa shape index (κ2) is 9.07. The Labute approximate surface area is 190 Å². The predicted octanol–water partition coefficient (Wildman–Crippen LogP) is 3.96. The van der Waals surface area contributed by atoms with Gasteiger partial charge in [-0.05, 0) is 41.5 Å². The van der Waals surface area contributed by atoms with E-state index >= 15 is 0 Å². The van der Waals surface area contributed by atoms with Gasteiger partial charge in [-0.2, -0.15) is 4.98 Å². The molecule has 0 spiro atoms. The summed E-state index contributed by atoms with van der Waals surface area (Å²) in [5.74, 6) is 0.440. The molecule has 0 atom stereocenters. The van der Waals surface area contributed by atoms with Gasteiger partial charge in [0, 0.05) is 32.4 Å². The maximum absolute atomic E-state index is 12.1. The maximum atomic E-state index is 12.1. The second-order valence-electron chi connectivity index (χ2n) is 7.21. The summed E-state index contributed by atoms with van der Waals surface area (Å²) in [5, 5.41) is 9.22. The van der Waals surface area contributed by atoms with Gasteiger partial charge >= 0.3 is 0 Å². The minimum Gasteiger partial charge on any atom is -0.355 e. The zero-order valence-corrected chi connectivity index (χ0v) is 18.3. The number of para-hydroxylation sites is 1. The number of rotatable bonds is 5. The van der Waals surface area contributed by atoms with Crippen LogP contribution in [0.2, 0.25) is 5.02 Å². The lowest BCUT2D eigenvalue weighted by Crippen LogP contribution is -2.23. The molecule has 4 rings (SSSR count). The molecule has 9 heteroatoms. The van der Waals surface area contributed by atoms with Crippen molar-refractivity contribution in [1.82, 2.24) is 20.2 Å². The molecule has 0 saturated carbocycles. The number of hydrogen-bond acceptors (Lipinski definition) is 6. The summed E-state index contributed by atoms with van der Waals surface area (Å²) >= 11 is 6.30. The maximum Gasteiger partial charge on any atom is 0.253 e. The average molecular weight is 449 g/mol. The number of nitrogens with one attached hydrogen (secondary N) is 3. The standard InChI is InChI=1S/C23H21ClN6O2/c1-25-22(32)17-5-3-4-6-19(17)28-21-18(24)12-26-23(29-21)27-16-9-7-14-8-10-20(31)30(2)13-15(14)11-16/h3-12H,13H2,1-2H3,(H,25,32)(H2,26,27,28,29). The monoisotopic (exact) mass is 448 g/mol. The van der Waals surface area contributed by atoms with Gasteiger partial charge in [0.2, 0.25) is 11.9 Å². The highest BCUT2D eigenvalue weighted by atomic mass is 35.5. The van der Waals surface area contributed by atoms with Crippen LogP contribution in [0.3, 0.4) is 0 Å². The number of hydrogen-bond donors (Lipinski definition) is 3. The van der Waals surface area contributed by atoms with Crippen molar-refractivity contribution in [2.24, 2.45) is 0 Å². The van der Waals surface area contributed by atoms with Gasteiger partial charge in [-0.25, -0.2) is 4.98 Å². The number of carbonyl (C=O) groups is 2. The van der Waals surface area contributed by atoms with E-state index in [1.807, 2.05) is 30.3 Å². The fourth-order valence-electron chi connectivity index (χ4n) is 3.30. The lowest BCUT2D eigenvalue weighted by Gasteiger charge is -2.16. The number of amides is 2. The van der Waals surface area contributed by atoms with E-state index in [-0.39, 0.29) is 11.8 Å². The van der Waals surface area contributed by atoms with Crippen LogP contribution in [0.1, 0.15) is 21.5 Å². The molecule has 0 saturated heterocycles. The van der Waals surface area contributed by atoms with Gasteiger partial charge in [-0.3, -0.25) is 9.59 Å². The van der Waals surface area contributed by atoms with E-state index in [1.54, 1.807) is 43.3 Å². The van der Waals surface area contributed by atoms with Crippen molar-refractivity contribution in [3.63, 3.8) is 0 Å². The molecule has 1 aliphatic rings. The molecule has 0 fully saturated rings. The van der Waals surface area contributed by atoms with Crippen molar-refractivity contribution in [2.75, 3.05) is 24.7 Å². The van der Waals surface area contributed by atoms with Crippen LogP contribution in [0.25, 0.3) is 6.08 Å². The van der Waals surface area contributed by atoms with Gasteiger partial charge in [0.15, 0.2) is 5.82 Å². The van der Waals surface area contributed by atoms with Gasteiger partial charge in [-0.1, -0.05) is 29.8 Å². The van der Waals surface area contributed by atoms with Crippen LogP contribution < -0.4 is 16.0 Å². The summed E-state index contributed by atoms with van der Waals surface area (Å²) in [5.41, 5.74) is 3.81. The first kappa shape index (κ1) is 21.3. The van der Waals surface area contributed by atoms with Crippen molar-refractivity contribution in [1.29, 1.82) is 0 Å². The Balaban J connectivity index is 1.59. The molecule has 0 radical (unpaired) electrons. The molecule has 2 heterocycles. The van der Waals surface area contributed by atoms with Crippen LogP contribution in [-0.2, 0) is 11.3 Å². The van der Waals surface area contributed by atoms with Gasteiger partial charge in [0.05, 0.1) is 17.4 Å². The number of nitrogens with zero attached hydrogens (tertiary/aromatic N) is 3. The molecular weight excluding hydrogens is 428 g/mol. The first-order valence-corrected chi connectivity index (χ1v) is 10.3. The number of carbonyl (C=O) groups excluding carboxylic acids is 2. The molecule has 2 amide bonds. The number of halogens is 1. The Bertz CT molecular complexity index is 1230. The Morgan fingerprint density at radius 1 is 1.12 bits per heavy atom. The van der Waals surface area contributed by atoms with E-state index in [9.17, 15) is 9.59 Å². The SMILES string of the molecule is CNC(=O)c1ccccc1Nc1nc(Nc2ccc3c(c2)CN(C)C(=O)C=C3)ncc1Cl. The largest absolute Gasteiger partial charge is 0.355 e. The Hall–Kier alpha value is -3.91. The van der Waals surface area contributed by atoms with Crippen LogP contribution in [0.4, 0.5) is 23.1 Å². The van der Waals surface area contributed by atoms with Crippen molar-refractivity contribution < 1.29 is 9.59 Å². The highest BCUT2D eigenvalue weighted by Gasteiger charge is 2.15. The zero-order valence-electron chi connectivity index (χ0n) is 17.5. The Morgan fingerprint density at radius 3 is 2.75 bits per heavy atom. The zero-order chi connectivity index (χ0) is 22.7. The lowest BCUT2D eigenvalue weighted by atomic mass is 10.1. The summed E-state index contributed by atoms with van der Waals surface area (Å²) in [6, 6.07) is 12.9. The number of anilines is 4. The summed E-state index contributed by atoms with van der Waals surface area (Å²) in [4.78, 5) is 34.4. The number of benzene rings is 2. The number of aromatic nitrogens is 2. The minimum atomic E-state index is -0.223. The molecule has 1 aliphatic heterocycles. The first-order chi connectivity index (χ1) is 15.4. The second-order valence-corrected chi connectivity index (χ2v) is 7.61. The summed E-state index contributed by atoms with van der Waals surface area (Å²) < 4.78 is 0. The molecule has 1 aromatic heterocycles. The van der Waals surface area contributed by atoms with E-state index in [0.29, 0.717) is 34.6 Å². The van der Waals surface area contributed by atoms with E-state index in [2.05, 4.69) is 25.9 Å². The van der Waals surface area contributed by atoms with Crippen molar-refractivity contribution in [3.05, 3.63) is 76.5 Å². The third-order valence-corrected chi connectivity index (χ3v) is 5.26. The fourth-order valence-corrected chi connectivity index (χ4v) is 3.44. The number of fused-ring (bicyclic) bond motifs is 1. The Morgan fingerprint density at radius 2 is 1.94 bits per heavy atom. The summed E-state index contributed by atoms with van der Waals surface area (Å²) in [6.45, 7) is 0.501. The molecule has 32 heavy (non-hydrogen) atoms. The molecule has 3 N–H and O–H groups in total. The average Bonchev–Trinajstić information content (AvgIpc) is 2.93. The van der Waals surface area contributed by atoms with Gasteiger partial charge < -0.3 is 20.9 Å². The molecule has 8 nitrogen and oxygen atoms in total. The van der Waals surface area contributed by atoms with Gasteiger partial charge in [0.1, 0.15) is 5.02 Å². The molecule has 0 bridgehead atoms. The van der Waals surface area contributed by atoms with E-state index in [4.69, 9.17) is 11.6 Å². The molecule has 3 aromatic rings. The van der Waals surface area contributed by atoms with Crippen molar-refractivity contribution >= 4 is 52.6 Å². The van der Waals surface area contributed by atoms with Gasteiger partial charge in [-0.15, -0.1) is 0 Å². The van der Waals surface area contributed by atoms with Crippen LogP contribution in [-0.4, -0.2) is 40.8 Å². The van der Waals surface area contributed by atoms with Crippen molar-refractivity contribution in [3.8, 4) is 0 Å². The van der Waals surface area contributed by atoms with E-state index in [1.165, 1.54) is 6.20 Å². The molecule has 0 aliphatic carbocycles. The highest BCUT2D eigenvalue weighted by molar-refractivity contribution is 6.33. The Kier molecular flexibility index (Phi) is 6.04. The molecule has 162 valence electrons. The van der Waals surface area contributed by atoms with Crippen LogP contribution in [0.15, 0.2) is 54.7 Å². The van der Waals surface area contributed by atoms with E-state index < -0.39 is 0 Å². The van der Waals surface area contributed by atoms with E-state index in [0.717, 1.165) is 16.8 Å². The quantitative estimate of drug-likeness (QED) is 0.546. The predicted molar refractivity (Wildman–Crippen MR) is 125 cm³/mol.